The van der Waals surface area contributed by atoms with Gasteiger partial charge in [-0.05, 0) is 42.3 Å². The minimum Gasteiger partial charge on any atom is -0.271 e. The molecule has 2 nitrogen and oxygen atoms in total. The van der Waals surface area contributed by atoms with E-state index in [9.17, 15) is 0 Å². The molecular weight excluding hydrogens is 400 g/mol. The average molecular weight is 416 g/mol. The molecule has 0 aromatic heterocycles. The van der Waals surface area contributed by atoms with Crippen molar-refractivity contribution < 1.29 is 0 Å². The van der Waals surface area contributed by atoms with Crippen LogP contribution < -0.4 is 11.3 Å². The Hall–Kier alpha value is -0.330. The van der Waals surface area contributed by atoms with Gasteiger partial charge in [-0.15, -0.1) is 11.8 Å². The first kappa shape index (κ1) is 16.0. The van der Waals surface area contributed by atoms with Crippen molar-refractivity contribution in [2.45, 2.75) is 17.4 Å². The van der Waals surface area contributed by atoms with Crippen LogP contribution in [0.4, 0.5) is 0 Å². The van der Waals surface area contributed by atoms with Crippen LogP contribution in [0.15, 0.2) is 62.4 Å². The lowest BCUT2D eigenvalue weighted by atomic mass is 10.1. The van der Waals surface area contributed by atoms with E-state index in [1.165, 1.54) is 10.5 Å². The van der Waals surface area contributed by atoms with Crippen molar-refractivity contribution in [1.29, 1.82) is 0 Å². The van der Waals surface area contributed by atoms with Crippen molar-refractivity contribution in [3.8, 4) is 0 Å². The fourth-order valence-corrected chi connectivity index (χ4v) is 3.86. The Labute approximate surface area is 140 Å². The van der Waals surface area contributed by atoms with Gasteiger partial charge in [-0.3, -0.25) is 11.3 Å². The molecule has 0 amide bonds. The van der Waals surface area contributed by atoms with Gasteiger partial charge in [-0.2, -0.15) is 0 Å². The second-order valence-electron chi connectivity index (χ2n) is 4.47. The lowest BCUT2D eigenvalue weighted by Gasteiger charge is -2.16. The molecule has 2 rings (SSSR count). The zero-order valence-corrected chi connectivity index (χ0v) is 14.8. The van der Waals surface area contributed by atoms with Crippen LogP contribution >= 0.6 is 43.6 Å². The van der Waals surface area contributed by atoms with E-state index in [4.69, 9.17) is 5.84 Å². The van der Waals surface area contributed by atoms with Crippen LogP contribution in [-0.2, 0) is 6.42 Å². The van der Waals surface area contributed by atoms with Crippen LogP contribution in [0.5, 0.6) is 0 Å². The Morgan fingerprint density at radius 2 is 1.75 bits per heavy atom. The summed E-state index contributed by atoms with van der Waals surface area (Å²) in [6.07, 6.45) is 0.914. The van der Waals surface area contributed by atoms with Gasteiger partial charge in [0.2, 0.25) is 0 Å². The highest BCUT2D eigenvalue weighted by Crippen LogP contribution is 2.23. The highest BCUT2D eigenvalue weighted by atomic mass is 79.9. The van der Waals surface area contributed by atoms with Crippen LogP contribution in [0.2, 0.25) is 0 Å². The maximum Gasteiger partial charge on any atom is 0.0344 e. The molecule has 0 saturated heterocycles. The molecule has 0 aliphatic rings. The van der Waals surface area contributed by atoms with E-state index in [0.717, 1.165) is 21.1 Å². The van der Waals surface area contributed by atoms with Crippen LogP contribution in [0.3, 0.4) is 0 Å². The summed E-state index contributed by atoms with van der Waals surface area (Å²) >= 11 is 8.79. The molecule has 1 atom stereocenters. The van der Waals surface area contributed by atoms with Crippen molar-refractivity contribution in [3.05, 3.63) is 63.0 Å². The smallest absolute Gasteiger partial charge is 0.0344 e. The quantitative estimate of drug-likeness (QED) is 0.417. The second kappa shape index (κ2) is 8.20. The molecule has 0 bridgehead atoms. The fourth-order valence-electron chi connectivity index (χ4n) is 1.87. The van der Waals surface area contributed by atoms with Crippen LogP contribution in [0.1, 0.15) is 5.56 Å². The zero-order chi connectivity index (χ0) is 14.4. The number of nitrogens with one attached hydrogen (secondary N) is 1. The normalized spacial score (nSPS) is 12.3. The van der Waals surface area contributed by atoms with Crippen molar-refractivity contribution >= 4 is 43.6 Å². The van der Waals surface area contributed by atoms with Gasteiger partial charge in [0.15, 0.2) is 0 Å². The van der Waals surface area contributed by atoms with E-state index in [2.05, 4.69) is 67.6 Å². The van der Waals surface area contributed by atoms with Gasteiger partial charge in [-0.1, -0.05) is 50.1 Å². The summed E-state index contributed by atoms with van der Waals surface area (Å²) in [5, 5.41) is 0. The number of halogens is 2. The molecular formula is C15H16Br2N2S. The third-order valence-corrected chi connectivity index (χ3v) is 5.00. The predicted molar refractivity (Wildman–Crippen MR) is 93.8 cm³/mol. The van der Waals surface area contributed by atoms with E-state index < -0.39 is 0 Å². The molecule has 0 fully saturated rings. The number of hydrogen-bond donors (Lipinski definition) is 2. The number of hydrazine groups is 1. The zero-order valence-electron chi connectivity index (χ0n) is 10.9. The molecule has 106 valence electrons. The summed E-state index contributed by atoms with van der Waals surface area (Å²) in [7, 11) is 0. The molecule has 2 aromatic carbocycles. The van der Waals surface area contributed by atoms with Crippen LogP contribution in [0.25, 0.3) is 0 Å². The number of thioether (sulfide) groups is 1. The Morgan fingerprint density at radius 3 is 2.40 bits per heavy atom. The van der Waals surface area contributed by atoms with E-state index in [0.29, 0.717) is 0 Å². The fraction of sp³-hybridized carbons (Fsp3) is 0.200. The number of hydrogen-bond acceptors (Lipinski definition) is 3. The molecule has 0 aliphatic carbocycles. The maximum absolute atomic E-state index is 5.67. The van der Waals surface area contributed by atoms with Crippen molar-refractivity contribution in [2.75, 3.05) is 5.75 Å². The molecule has 0 spiro atoms. The molecule has 20 heavy (non-hydrogen) atoms. The third-order valence-electron chi connectivity index (χ3n) is 2.85. The van der Waals surface area contributed by atoms with Crippen molar-refractivity contribution in [3.63, 3.8) is 0 Å². The molecule has 1 unspecified atom stereocenters. The monoisotopic (exact) mass is 414 g/mol. The standard InChI is InChI=1S/C15H16Br2N2S/c16-12-4-1-3-11(7-12)8-14(19-18)10-20-15-6-2-5-13(17)9-15/h1-7,9,14,19H,8,10,18H2. The highest BCUT2D eigenvalue weighted by Gasteiger charge is 2.09. The Morgan fingerprint density at radius 1 is 1.05 bits per heavy atom. The third kappa shape index (κ3) is 5.22. The van der Waals surface area contributed by atoms with Gasteiger partial charge in [0.05, 0.1) is 0 Å². The molecule has 0 aliphatic heterocycles. The molecule has 0 heterocycles. The van der Waals surface area contributed by atoms with Gasteiger partial charge in [0.1, 0.15) is 0 Å². The summed E-state index contributed by atoms with van der Waals surface area (Å²) in [4.78, 5) is 1.24. The molecule has 0 saturated carbocycles. The Bertz CT molecular complexity index is 563. The largest absolute Gasteiger partial charge is 0.271 e. The van der Waals surface area contributed by atoms with E-state index in [-0.39, 0.29) is 6.04 Å². The predicted octanol–water partition coefficient (Wildman–Crippen LogP) is 4.38. The van der Waals surface area contributed by atoms with Gasteiger partial charge in [-0.25, -0.2) is 0 Å². The first-order valence-corrected chi connectivity index (χ1v) is 8.83. The highest BCUT2D eigenvalue weighted by molar-refractivity contribution is 9.10. The first-order chi connectivity index (χ1) is 9.67. The molecule has 3 N–H and O–H groups in total. The summed E-state index contributed by atoms with van der Waals surface area (Å²) in [6.45, 7) is 0. The van der Waals surface area contributed by atoms with Crippen LogP contribution in [-0.4, -0.2) is 11.8 Å². The molecule has 2 aromatic rings. The van der Waals surface area contributed by atoms with Crippen molar-refractivity contribution in [1.82, 2.24) is 5.43 Å². The molecule has 0 radical (unpaired) electrons. The summed E-state index contributed by atoms with van der Waals surface area (Å²) in [5.41, 5.74) is 4.18. The lowest BCUT2D eigenvalue weighted by molar-refractivity contribution is 0.575. The topological polar surface area (TPSA) is 38.0 Å². The average Bonchev–Trinajstić information content (AvgIpc) is 2.43. The van der Waals surface area contributed by atoms with Gasteiger partial charge in [0.25, 0.3) is 0 Å². The number of nitrogens with two attached hydrogens (primary N) is 1. The minimum atomic E-state index is 0.244. The number of benzene rings is 2. The van der Waals surface area contributed by atoms with Gasteiger partial charge >= 0.3 is 0 Å². The SMILES string of the molecule is NNC(CSc1cccc(Br)c1)Cc1cccc(Br)c1. The molecule has 5 heteroatoms. The van der Waals surface area contributed by atoms with Crippen molar-refractivity contribution in [2.24, 2.45) is 5.84 Å². The lowest BCUT2D eigenvalue weighted by Crippen LogP contribution is -2.38. The van der Waals surface area contributed by atoms with E-state index in [1.54, 1.807) is 11.8 Å². The Kier molecular flexibility index (Phi) is 6.58. The maximum atomic E-state index is 5.67. The summed E-state index contributed by atoms with van der Waals surface area (Å²) < 4.78 is 2.21. The van der Waals surface area contributed by atoms with Gasteiger partial charge < -0.3 is 0 Å². The second-order valence-corrected chi connectivity index (χ2v) is 7.39. The van der Waals surface area contributed by atoms with E-state index >= 15 is 0 Å². The van der Waals surface area contributed by atoms with Gasteiger partial charge in [0, 0.05) is 25.6 Å². The van der Waals surface area contributed by atoms with Crippen LogP contribution in [0, 0.1) is 0 Å². The summed E-state index contributed by atoms with van der Waals surface area (Å²) in [6, 6.07) is 16.9. The summed E-state index contributed by atoms with van der Waals surface area (Å²) in [5.74, 6) is 6.60. The van der Waals surface area contributed by atoms with E-state index in [1.807, 2.05) is 18.2 Å². The Balaban J connectivity index is 1.92. The first-order valence-electron chi connectivity index (χ1n) is 6.26. The number of rotatable bonds is 6. The minimum absolute atomic E-state index is 0.244.